The Morgan fingerprint density at radius 1 is 1.30 bits per heavy atom. The fraction of sp³-hybridized carbons (Fsp3) is 0.214. The van der Waals surface area contributed by atoms with Crippen LogP contribution in [0.25, 0.3) is 11.2 Å². The maximum atomic E-state index is 7.83. The van der Waals surface area contributed by atoms with Gasteiger partial charge in [0.1, 0.15) is 5.52 Å². The van der Waals surface area contributed by atoms with E-state index in [1.54, 1.807) is 6.33 Å². The van der Waals surface area contributed by atoms with Crippen LogP contribution >= 0.6 is 0 Å². The second kappa shape index (κ2) is 5.16. The van der Waals surface area contributed by atoms with E-state index < -0.39 is 0 Å². The van der Waals surface area contributed by atoms with Crippen LogP contribution in [0.4, 0.5) is 0 Å². The number of aromatic amines is 1. The van der Waals surface area contributed by atoms with Crippen LogP contribution in [0, 0.1) is 5.41 Å². The van der Waals surface area contributed by atoms with Gasteiger partial charge in [-0.2, -0.15) is 4.98 Å². The summed E-state index contributed by atoms with van der Waals surface area (Å²) in [7, 11) is 0. The van der Waals surface area contributed by atoms with Gasteiger partial charge in [-0.15, -0.1) is 0 Å². The molecule has 0 aliphatic carbocycles. The summed E-state index contributed by atoms with van der Waals surface area (Å²) in [6.45, 7) is 3.07. The van der Waals surface area contributed by atoms with Crippen molar-refractivity contribution in [2.75, 3.05) is 6.61 Å². The molecule has 0 amide bonds. The lowest BCUT2D eigenvalue weighted by atomic mass is 10.2. The highest BCUT2D eigenvalue weighted by Gasteiger charge is 2.09. The van der Waals surface area contributed by atoms with Gasteiger partial charge in [0.05, 0.1) is 19.5 Å². The smallest absolute Gasteiger partial charge is 0.296 e. The van der Waals surface area contributed by atoms with E-state index in [-0.39, 0.29) is 5.49 Å². The van der Waals surface area contributed by atoms with E-state index in [2.05, 4.69) is 15.0 Å². The van der Waals surface area contributed by atoms with Crippen LogP contribution in [0.3, 0.4) is 0 Å². The minimum atomic E-state index is 0.169. The van der Waals surface area contributed by atoms with Crippen LogP contribution < -0.4 is 10.2 Å². The molecule has 0 aliphatic heterocycles. The monoisotopic (exact) mass is 269 g/mol. The maximum Gasteiger partial charge on any atom is 0.296 e. The Bertz CT molecular complexity index is 775. The zero-order valence-electron chi connectivity index (χ0n) is 11.1. The highest BCUT2D eigenvalue weighted by Crippen LogP contribution is 2.13. The number of ether oxygens (including phenoxy) is 1. The molecule has 2 N–H and O–H groups in total. The van der Waals surface area contributed by atoms with Gasteiger partial charge >= 0.3 is 0 Å². The molecular formula is C14H15N5O. The molecule has 3 aromatic rings. The predicted molar refractivity (Wildman–Crippen MR) is 74.4 cm³/mol. The third kappa shape index (κ3) is 2.27. The van der Waals surface area contributed by atoms with E-state index in [9.17, 15) is 0 Å². The van der Waals surface area contributed by atoms with Crippen molar-refractivity contribution in [2.45, 2.75) is 13.5 Å². The average molecular weight is 269 g/mol. The van der Waals surface area contributed by atoms with Crippen LogP contribution in [0.5, 0.6) is 6.01 Å². The first-order chi connectivity index (χ1) is 9.78. The van der Waals surface area contributed by atoms with Gasteiger partial charge < -0.3 is 14.3 Å². The molecule has 0 unspecified atom stereocenters. The number of aromatic nitrogens is 4. The molecule has 6 nitrogen and oxygen atoms in total. The van der Waals surface area contributed by atoms with Crippen molar-refractivity contribution >= 4 is 11.2 Å². The number of benzene rings is 1. The summed E-state index contributed by atoms with van der Waals surface area (Å²) in [5.41, 5.74) is 2.59. The SMILES string of the molecule is CCOc1nc2c([nH]1)c(=N)ncn2Cc1ccccc1. The van der Waals surface area contributed by atoms with Gasteiger partial charge in [-0.25, -0.2) is 4.98 Å². The summed E-state index contributed by atoms with van der Waals surface area (Å²) >= 11 is 0. The first kappa shape index (κ1) is 12.4. The van der Waals surface area contributed by atoms with E-state index >= 15 is 0 Å². The molecule has 0 aliphatic rings. The molecule has 0 saturated heterocycles. The lowest BCUT2D eigenvalue weighted by Gasteiger charge is -2.06. The van der Waals surface area contributed by atoms with E-state index in [4.69, 9.17) is 10.1 Å². The standard InChI is InChI=1S/C14H15N5O/c1-2-20-14-17-11-12(15)16-9-19(13(11)18-14)8-10-6-4-3-5-7-10/h3-7,9,15H,2,8H2,1H3,(H,17,18). The summed E-state index contributed by atoms with van der Waals surface area (Å²) in [6.07, 6.45) is 1.63. The summed E-state index contributed by atoms with van der Waals surface area (Å²) in [6, 6.07) is 10.5. The Hall–Kier alpha value is -2.63. The molecule has 2 aromatic heterocycles. The third-order valence-electron chi connectivity index (χ3n) is 2.97. The summed E-state index contributed by atoms with van der Waals surface area (Å²) in [5.74, 6) is 0. The molecule has 20 heavy (non-hydrogen) atoms. The maximum absolute atomic E-state index is 7.83. The molecule has 3 rings (SSSR count). The molecule has 0 fully saturated rings. The Balaban J connectivity index is 2.07. The Morgan fingerprint density at radius 2 is 2.10 bits per heavy atom. The van der Waals surface area contributed by atoms with Crippen molar-refractivity contribution in [2.24, 2.45) is 0 Å². The van der Waals surface area contributed by atoms with E-state index in [0.29, 0.717) is 30.3 Å². The summed E-state index contributed by atoms with van der Waals surface area (Å²) in [5, 5.41) is 7.83. The molecule has 1 aromatic carbocycles. The average Bonchev–Trinajstić information content (AvgIpc) is 2.89. The third-order valence-corrected chi connectivity index (χ3v) is 2.97. The largest absolute Gasteiger partial charge is 0.465 e. The van der Waals surface area contributed by atoms with E-state index in [1.807, 2.05) is 41.8 Å². The molecule has 0 saturated carbocycles. The van der Waals surface area contributed by atoms with Crippen LogP contribution in [-0.2, 0) is 6.54 Å². The number of hydrogen-bond donors (Lipinski definition) is 2. The van der Waals surface area contributed by atoms with Crippen LogP contribution in [0.15, 0.2) is 36.7 Å². The molecule has 6 heteroatoms. The Kier molecular flexibility index (Phi) is 3.20. The number of imidazole rings is 1. The molecule has 0 spiro atoms. The van der Waals surface area contributed by atoms with Gasteiger partial charge in [-0.3, -0.25) is 5.41 Å². The highest BCUT2D eigenvalue weighted by atomic mass is 16.5. The molecular weight excluding hydrogens is 254 g/mol. The van der Waals surface area contributed by atoms with Crippen molar-refractivity contribution in [1.29, 1.82) is 5.41 Å². The number of nitrogens with one attached hydrogen (secondary N) is 2. The van der Waals surface area contributed by atoms with Gasteiger partial charge in [-0.05, 0) is 12.5 Å². The zero-order valence-corrected chi connectivity index (χ0v) is 11.1. The Labute approximate surface area is 115 Å². The number of rotatable bonds is 4. The van der Waals surface area contributed by atoms with Gasteiger partial charge in [0.2, 0.25) is 0 Å². The lowest BCUT2D eigenvalue weighted by Crippen LogP contribution is -2.13. The predicted octanol–water partition coefficient (Wildman–Crippen LogP) is 1.69. The van der Waals surface area contributed by atoms with E-state index in [1.165, 1.54) is 0 Å². The minimum Gasteiger partial charge on any atom is -0.465 e. The van der Waals surface area contributed by atoms with Crippen LogP contribution in [0.2, 0.25) is 0 Å². The second-order valence-corrected chi connectivity index (χ2v) is 4.38. The quantitative estimate of drug-likeness (QED) is 0.756. The number of fused-ring (bicyclic) bond motifs is 1. The van der Waals surface area contributed by atoms with Crippen LogP contribution in [-0.4, -0.2) is 26.1 Å². The molecule has 0 radical (unpaired) electrons. The fourth-order valence-electron chi connectivity index (χ4n) is 2.06. The topological polar surface area (TPSA) is 79.6 Å². The normalized spacial score (nSPS) is 10.8. The summed E-state index contributed by atoms with van der Waals surface area (Å²) < 4.78 is 7.26. The number of H-pyrrole nitrogens is 1. The first-order valence-electron chi connectivity index (χ1n) is 6.44. The number of nitrogens with zero attached hydrogens (tertiary/aromatic N) is 3. The van der Waals surface area contributed by atoms with E-state index in [0.717, 1.165) is 5.56 Å². The minimum absolute atomic E-state index is 0.169. The van der Waals surface area contributed by atoms with Crippen molar-refractivity contribution in [1.82, 2.24) is 19.5 Å². The zero-order chi connectivity index (χ0) is 13.9. The van der Waals surface area contributed by atoms with Crippen molar-refractivity contribution in [3.05, 3.63) is 47.7 Å². The first-order valence-corrected chi connectivity index (χ1v) is 6.44. The Morgan fingerprint density at radius 3 is 2.85 bits per heavy atom. The van der Waals surface area contributed by atoms with Crippen LogP contribution in [0.1, 0.15) is 12.5 Å². The van der Waals surface area contributed by atoms with Crippen molar-refractivity contribution < 1.29 is 4.74 Å². The summed E-state index contributed by atoms with van der Waals surface area (Å²) in [4.78, 5) is 11.5. The van der Waals surface area contributed by atoms with Crippen molar-refractivity contribution in [3.63, 3.8) is 0 Å². The van der Waals surface area contributed by atoms with Gasteiger partial charge in [0.15, 0.2) is 11.1 Å². The van der Waals surface area contributed by atoms with Gasteiger partial charge in [0.25, 0.3) is 6.01 Å². The number of hydrogen-bond acceptors (Lipinski definition) is 4. The molecule has 102 valence electrons. The van der Waals surface area contributed by atoms with Gasteiger partial charge in [0, 0.05) is 0 Å². The lowest BCUT2D eigenvalue weighted by molar-refractivity contribution is 0.317. The second-order valence-electron chi connectivity index (χ2n) is 4.38. The molecule has 0 bridgehead atoms. The molecule has 2 heterocycles. The fourth-order valence-corrected chi connectivity index (χ4v) is 2.06. The van der Waals surface area contributed by atoms with Crippen molar-refractivity contribution in [3.8, 4) is 6.01 Å². The van der Waals surface area contributed by atoms with Gasteiger partial charge in [-0.1, -0.05) is 30.3 Å². The molecule has 0 atom stereocenters. The highest BCUT2D eigenvalue weighted by molar-refractivity contribution is 5.70.